The molecule has 3 heterocycles. The molecule has 2 amide bonds. The first-order valence-electron chi connectivity index (χ1n) is 8.82. The van der Waals surface area contributed by atoms with Gasteiger partial charge < -0.3 is 10.2 Å². The van der Waals surface area contributed by atoms with Crippen LogP contribution in [-0.4, -0.2) is 39.6 Å². The van der Waals surface area contributed by atoms with Gasteiger partial charge in [0.15, 0.2) is 5.69 Å². The molecule has 0 spiro atoms. The number of carbonyl (C=O) groups is 2. The van der Waals surface area contributed by atoms with Crippen molar-refractivity contribution < 1.29 is 9.59 Å². The molecule has 2 aromatic heterocycles. The maximum atomic E-state index is 12.8. The molecule has 1 atom stereocenters. The predicted octanol–water partition coefficient (Wildman–Crippen LogP) is 1.61. The number of piperidine rings is 1. The third-order valence-corrected chi connectivity index (χ3v) is 4.97. The van der Waals surface area contributed by atoms with Crippen molar-refractivity contribution in [2.45, 2.75) is 44.6 Å². The Morgan fingerprint density at radius 3 is 3.00 bits per heavy atom. The van der Waals surface area contributed by atoms with E-state index >= 15 is 0 Å². The Kier molecular flexibility index (Phi) is 4.21. The van der Waals surface area contributed by atoms with Gasteiger partial charge in [-0.3, -0.25) is 19.7 Å². The highest BCUT2D eigenvalue weighted by atomic mass is 16.2. The lowest BCUT2D eigenvalue weighted by Crippen LogP contribution is -2.52. The average Bonchev–Trinajstić information content (AvgIpc) is 3.08. The molecule has 2 aromatic rings. The summed E-state index contributed by atoms with van der Waals surface area (Å²) in [6.45, 7) is 0.648. The number of aromatic amines is 1. The van der Waals surface area contributed by atoms with Crippen LogP contribution in [0.4, 0.5) is 5.69 Å². The minimum atomic E-state index is -0.516. The SMILES string of the molecule is O=C(N[C@@H]1CCCN(c2cccnc2)C1=O)c1n[nH]c2c1CCCC2. The molecule has 0 bridgehead atoms. The Bertz CT molecular complexity index is 786. The van der Waals surface area contributed by atoms with Gasteiger partial charge in [0.1, 0.15) is 6.04 Å². The van der Waals surface area contributed by atoms with E-state index in [1.54, 1.807) is 23.4 Å². The Labute approximate surface area is 145 Å². The second kappa shape index (κ2) is 6.66. The van der Waals surface area contributed by atoms with Crippen molar-refractivity contribution >= 4 is 17.5 Å². The highest BCUT2D eigenvalue weighted by Crippen LogP contribution is 2.23. The van der Waals surface area contributed by atoms with Crippen LogP contribution in [0.2, 0.25) is 0 Å². The Morgan fingerprint density at radius 1 is 1.28 bits per heavy atom. The molecule has 1 aliphatic carbocycles. The predicted molar refractivity (Wildman–Crippen MR) is 92.3 cm³/mol. The number of amides is 2. The van der Waals surface area contributed by atoms with E-state index in [2.05, 4.69) is 20.5 Å². The highest BCUT2D eigenvalue weighted by Gasteiger charge is 2.32. The van der Waals surface area contributed by atoms with Crippen LogP contribution in [0.3, 0.4) is 0 Å². The standard InChI is InChI=1S/C18H21N5O2/c24-17(16-13-6-1-2-7-14(13)21-22-16)20-15-8-4-10-23(18(15)25)12-5-3-9-19-11-12/h3,5,9,11,15H,1-2,4,6-8,10H2,(H,20,24)(H,21,22)/t15-/m1/s1. The van der Waals surface area contributed by atoms with Gasteiger partial charge in [-0.2, -0.15) is 5.10 Å². The fourth-order valence-electron chi connectivity index (χ4n) is 3.67. The Hall–Kier alpha value is -2.70. The molecule has 7 heteroatoms. The molecule has 4 rings (SSSR count). The van der Waals surface area contributed by atoms with Gasteiger partial charge in [0.25, 0.3) is 5.91 Å². The molecule has 2 aliphatic rings. The van der Waals surface area contributed by atoms with Crippen LogP contribution in [0.1, 0.15) is 47.4 Å². The lowest BCUT2D eigenvalue weighted by atomic mass is 9.95. The molecular weight excluding hydrogens is 318 g/mol. The van der Waals surface area contributed by atoms with Gasteiger partial charge in [-0.15, -0.1) is 0 Å². The summed E-state index contributed by atoms with van der Waals surface area (Å²) in [6, 6.07) is 3.15. The molecule has 1 saturated heterocycles. The zero-order valence-electron chi connectivity index (χ0n) is 14.0. The summed E-state index contributed by atoms with van der Waals surface area (Å²) in [6.07, 6.45) is 8.84. The zero-order valence-corrected chi connectivity index (χ0v) is 14.0. The molecule has 0 unspecified atom stereocenters. The molecule has 25 heavy (non-hydrogen) atoms. The molecule has 7 nitrogen and oxygen atoms in total. The molecule has 0 saturated carbocycles. The van der Waals surface area contributed by atoms with Crippen LogP contribution in [0.15, 0.2) is 24.5 Å². The van der Waals surface area contributed by atoms with E-state index in [1.165, 1.54) is 0 Å². The topological polar surface area (TPSA) is 91.0 Å². The van der Waals surface area contributed by atoms with Crippen molar-refractivity contribution in [2.75, 3.05) is 11.4 Å². The summed E-state index contributed by atoms with van der Waals surface area (Å²) in [5, 5.41) is 10.1. The smallest absolute Gasteiger partial charge is 0.272 e. The maximum Gasteiger partial charge on any atom is 0.272 e. The lowest BCUT2D eigenvalue weighted by molar-refractivity contribution is -0.121. The average molecular weight is 339 g/mol. The second-order valence-corrected chi connectivity index (χ2v) is 6.61. The van der Waals surface area contributed by atoms with E-state index in [1.807, 2.05) is 6.07 Å². The van der Waals surface area contributed by atoms with Crippen molar-refractivity contribution in [1.29, 1.82) is 0 Å². The van der Waals surface area contributed by atoms with Crippen molar-refractivity contribution in [3.63, 3.8) is 0 Å². The van der Waals surface area contributed by atoms with Gasteiger partial charge in [0.2, 0.25) is 5.91 Å². The number of aromatic nitrogens is 3. The Morgan fingerprint density at radius 2 is 2.16 bits per heavy atom. The first-order valence-corrected chi connectivity index (χ1v) is 8.82. The lowest BCUT2D eigenvalue weighted by Gasteiger charge is -2.32. The van der Waals surface area contributed by atoms with E-state index in [4.69, 9.17) is 0 Å². The van der Waals surface area contributed by atoms with E-state index in [9.17, 15) is 9.59 Å². The largest absolute Gasteiger partial charge is 0.339 e. The van der Waals surface area contributed by atoms with E-state index in [0.717, 1.165) is 49.0 Å². The molecule has 0 radical (unpaired) electrons. The van der Waals surface area contributed by atoms with Crippen molar-refractivity contribution in [2.24, 2.45) is 0 Å². The normalized spacial score (nSPS) is 20.2. The molecule has 1 fully saturated rings. The number of aryl methyl sites for hydroxylation is 1. The molecule has 0 aromatic carbocycles. The summed E-state index contributed by atoms with van der Waals surface area (Å²) in [5.41, 5.74) is 3.28. The first-order chi connectivity index (χ1) is 12.2. The number of fused-ring (bicyclic) bond motifs is 1. The van der Waals surface area contributed by atoms with Gasteiger partial charge in [-0.05, 0) is 50.7 Å². The number of pyridine rings is 1. The number of H-pyrrole nitrogens is 1. The number of hydrogen-bond donors (Lipinski definition) is 2. The number of anilines is 1. The number of nitrogens with one attached hydrogen (secondary N) is 2. The van der Waals surface area contributed by atoms with Crippen LogP contribution in [0.5, 0.6) is 0 Å². The van der Waals surface area contributed by atoms with Crippen molar-refractivity contribution in [3.8, 4) is 0 Å². The number of rotatable bonds is 3. The number of carbonyl (C=O) groups excluding carboxylic acids is 2. The third kappa shape index (κ3) is 3.01. The van der Waals surface area contributed by atoms with Crippen LogP contribution < -0.4 is 10.2 Å². The minimum absolute atomic E-state index is 0.0861. The maximum absolute atomic E-state index is 12.8. The zero-order chi connectivity index (χ0) is 17.2. The number of hydrogen-bond acceptors (Lipinski definition) is 4. The fraction of sp³-hybridized carbons (Fsp3) is 0.444. The van der Waals surface area contributed by atoms with E-state index in [-0.39, 0.29) is 11.8 Å². The minimum Gasteiger partial charge on any atom is -0.339 e. The second-order valence-electron chi connectivity index (χ2n) is 6.61. The summed E-state index contributed by atoms with van der Waals surface area (Å²) in [4.78, 5) is 31.2. The Balaban J connectivity index is 1.49. The highest BCUT2D eigenvalue weighted by molar-refractivity contribution is 6.02. The van der Waals surface area contributed by atoms with E-state index in [0.29, 0.717) is 18.7 Å². The summed E-state index contributed by atoms with van der Waals surface area (Å²) in [5.74, 6) is -0.345. The third-order valence-electron chi connectivity index (χ3n) is 4.97. The quantitative estimate of drug-likeness (QED) is 0.889. The first kappa shape index (κ1) is 15.8. The number of nitrogens with zero attached hydrogens (tertiary/aromatic N) is 3. The van der Waals surface area contributed by atoms with Gasteiger partial charge >= 0.3 is 0 Å². The van der Waals surface area contributed by atoms with Crippen LogP contribution in [0.25, 0.3) is 0 Å². The van der Waals surface area contributed by atoms with Crippen LogP contribution in [0, 0.1) is 0 Å². The summed E-state index contributed by atoms with van der Waals surface area (Å²) in [7, 11) is 0. The molecular formula is C18H21N5O2. The van der Waals surface area contributed by atoms with Gasteiger partial charge in [0, 0.05) is 24.0 Å². The molecule has 2 N–H and O–H groups in total. The molecule has 1 aliphatic heterocycles. The summed E-state index contributed by atoms with van der Waals surface area (Å²) >= 11 is 0. The van der Waals surface area contributed by atoms with Gasteiger partial charge in [-0.1, -0.05) is 0 Å². The van der Waals surface area contributed by atoms with Gasteiger partial charge in [-0.25, -0.2) is 0 Å². The van der Waals surface area contributed by atoms with E-state index < -0.39 is 6.04 Å². The molecule has 130 valence electrons. The van der Waals surface area contributed by atoms with Gasteiger partial charge in [0.05, 0.1) is 11.9 Å². The monoisotopic (exact) mass is 339 g/mol. The summed E-state index contributed by atoms with van der Waals surface area (Å²) < 4.78 is 0. The van der Waals surface area contributed by atoms with Crippen LogP contribution in [-0.2, 0) is 17.6 Å². The fourth-order valence-corrected chi connectivity index (χ4v) is 3.67. The van der Waals surface area contributed by atoms with Crippen LogP contribution >= 0.6 is 0 Å². The van der Waals surface area contributed by atoms with Crippen molar-refractivity contribution in [1.82, 2.24) is 20.5 Å². The van der Waals surface area contributed by atoms with Crippen molar-refractivity contribution in [3.05, 3.63) is 41.5 Å².